The number of rotatable bonds is 10. The van der Waals surface area contributed by atoms with Crippen LogP contribution in [0.4, 0.5) is 0 Å². The van der Waals surface area contributed by atoms with Gasteiger partial charge in [-0.3, -0.25) is 4.79 Å². The van der Waals surface area contributed by atoms with Gasteiger partial charge in [0.15, 0.2) is 22.4 Å². The summed E-state index contributed by atoms with van der Waals surface area (Å²) in [5, 5.41) is 11.8. The molecule has 0 aliphatic carbocycles. The third-order valence-corrected chi connectivity index (χ3v) is 28.4. The van der Waals surface area contributed by atoms with Crippen LogP contribution in [0.15, 0.2) is 54.6 Å². The normalized spacial score (nSPS) is 40.4. The van der Waals surface area contributed by atoms with Crippen LogP contribution in [-0.2, 0) is 56.3 Å². The molecule has 10 rings (SSSR count). The van der Waals surface area contributed by atoms with E-state index >= 15 is 0 Å². The van der Waals surface area contributed by atoms with Crippen molar-refractivity contribution in [3.63, 3.8) is 0 Å². The Morgan fingerprint density at radius 1 is 0.773 bits per heavy atom. The van der Waals surface area contributed by atoms with Crippen LogP contribution in [0.5, 0.6) is 0 Å². The zero-order valence-corrected chi connectivity index (χ0v) is 49.3. The highest BCUT2D eigenvalue weighted by molar-refractivity contribution is 6.74. The average molecular weight is 1080 g/mol. The van der Waals surface area contributed by atoms with Crippen molar-refractivity contribution in [1.82, 2.24) is 0 Å². The van der Waals surface area contributed by atoms with E-state index in [1.165, 1.54) is 0 Å². The van der Waals surface area contributed by atoms with E-state index in [0.29, 0.717) is 75.5 Å². The molecule has 0 amide bonds. The van der Waals surface area contributed by atoms with Gasteiger partial charge in [0.05, 0.1) is 73.2 Å². The molecule has 0 radical (unpaired) electrons. The van der Waals surface area contributed by atoms with Gasteiger partial charge < -0.3 is 56.6 Å². The number of fused-ring (bicyclic) bond motifs is 4. The van der Waals surface area contributed by atoms with Crippen LogP contribution in [-0.4, -0.2) is 151 Å². The van der Waals surface area contributed by atoms with Crippen molar-refractivity contribution in [3.8, 4) is 0 Å². The van der Waals surface area contributed by atoms with Gasteiger partial charge in [-0.05, 0) is 104 Å². The SMILES string of the molecule is C=C1C[C@@H](OC(=O)c2ccccc2)CC[C@@]23CC4OC5C(O2)[C@H]2OC(CCC2O[C@H]5C4O3)CC(=O)CC2C(CC3OC(CCC1O)CC(C)C3=C)O[C@H](CC(CO[Si](C)(C)C(C)(C)C)O[Si](C)(C)C(C)(C)C)[C@@H]2OC. The lowest BCUT2D eigenvalue weighted by Gasteiger charge is -2.47. The second-order valence-corrected chi connectivity index (χ2v) is 36.3. The number of aliphatic hydroxyl groups is 1. The van der Waals surface area contributed by atoms with Crippen LogP contribution in [0.3, 0.4) is 0 Å². The minimum atomic E-state index is -2.28. The monoisotopic (exact) mass is 1080 g/mol. The summed E-state index contributed by atoms with van der Waals surface area (Å²) in [4.78, 5) is 28.4. The van der Waals surface area contributed by atoms with Gasteiger partial charge in [0.25, 0.3) is 0 Å². The van der Waals surface area contributed by atoms with Gasteiger partial charge in [0.1, 0.15) is 42.4 Å². The highest BCUT2D eigenvalue weighted by atomic mass is 28.4. The maximum atomic E-state index is 14.8. The second-order valence-electron chi connectivity index (χ2n) is 26.8. The van der Waals surface area contributed by atoms with Gasteiger partial charge >= 0.3 is 5.97 Å². The molecule has 1 N–H and O–H groups in total. The van der Waals surface area contributed by atoms with Gasteiger partial charge in [-0.1, -0.05) is 79.8 Å². The number of benzene rings is 1. The number of methoxy groups -OCH3 is 1. The molecule has 19 atom stereocenters. The Morgan fingerprint density at radius 2 is 1.45 bits per heavy atom. The van der Waals surface area contributed by atoms with E-state index < -0.39 is 58.9 Å². The van der Waals surface area contributed by atoms with Crippen molar-refractivity contribution in [2.24, 2.45) is 11.8 Å². The summed E-state index contributed by atoms with van der Waals surface area (Å²) in [6, 6.07) is 8.96. The van der Waals surface area contributed by atoms with Crippen LogP contribution >= 0.6 is 0 Å². The minimum Gasteiger partial charge on any atom is -0.458 e. The van der Waals surface area contributed by atoms with Crippen LogP contribution < -0.4 is 0 Å². The van der Waals surface area contributed by atoms with E-state index in [1.54, 1.807) is 19.2 Å². The molecule has 9 aliphatic rings. The Bertz CT molecular complexity index is 2190. The largest absolute Gasteiger partial charge is 0.458 e. The van der Waals surface area contributed by atoms with Crippen molar-refractivity contribution in [1.29, 1.82) is 0 Å². The number of carbonyl (C=O) groups excluding carboxylic acids is 2. The van der Waals surface area contributed by atoms with E-state index in [9.17, 15) is 14.7 Å². The van der Waals surface area contributed by atoms with E-state index in [2.05, 4.69) is 87.8 Å². The van der Waals surface area contributed by atoms with Crippen molar-refractivity contribution >= 4 is 28.4 Å². The zero-order chi connectivity index (χ0) is 54.0. The first-order chi connectivity index (χ1) is 35.2. The summed E-state index contributed by atoms with van der Waals surface area (Å²) < 4.78 is 75.6. The van der Waals surface area contributed by atoms with E-state index in [0.717, 1.165) is 12.0 Å². The van der Waals surface area contributed by atoms with Crippen LogP contribution in [0.1, 0.15) is 142 Å². The number of Topliss-reactive ketones (excluding diaryl/α,β-unsaturated/α-hetero) is 1. The molecule has 13 unspecified atom stereocenters. The van der Waals surface area contributed by atoms with Crippen molar-refractivity contribution in [2.75, 3.05) is 13.7 Å². The Kier molecular flexibility index (Phi) is 17.2. The summed E-state index contributed by atoms with van der Waals surface area (Å²) in [5.41, 5.74) is 2.03. The molecule has 1 aromatic carbocycles. The van der Waals surface area contributed by atoms with Crippen LogP contribution in [0.25, 0.3) is 0 Å². The number of ketones is 1. The molecule has 1 spiro atoms. The smallest absolute Gasteiger partial charge is 0.338 e. The zero-order valence-electron chi connectivity index (χ0n) is 47.3. The molecule has 9 aliphatic heterocycles. The fraction of sp³-hybridized carbons (Fsp3) is 0.797. The number of aliphatic hydroxyl groups excluding tert-OH is 1. The first-order valence-corrected chi connectivity index (χ1v) is 34.3. The molecule has 14 nitrogen and oxygen atoms in total. The minimum absolute atomic E-state index is 0.0201. The molecule has 0 saturated carbocycles. The van der Waals surface area contributed by atoms with E-state index in [-0.39, 0.29) is 114 Å². The molecule has 16 heteroatoms. The summed E-state index contributed by atoms with van der Waals surface area (Å²) >= 11 is 0. The third-order valence-electron chi connectivity index (χ3n) is 19.4. The first-order valence-electron chi connectivity index (χ1n) is 28.5. The Labute approximate surface area is 450 Å². The van der Waals surface area contributed by atoms with Gasteiger partial charge in [0, 0.05) is 58.0 Å². The van der Waals surface area contributed by atoms with Crippen LogP contribution in [0, 0.1) is 11.8 Å². The predicted octanol–water partition coefficient (Wildman–Crippen LogP) is 10.3. The van der Waals surface area contributed by atoms with E-state index in [1.807, 2.05) is 18.2 Å². The molecule has 9 saturated heterocycles. The number of ether oxygens (including phenoxy) is 9. The molecule has 9 fully saturated rings. The maximum Gasteiger partial charge on any atom is 0.338 e. The summed E-state index contributed by atoms with van der Waals surface area (Å²) in [5.74, 6) is -1.52. The highest BCUT2D eigenvalue weighted by Crippen LogP contribution is 2.54. The second kappa shape index (κ2) is 22.4. The lowest BCUT2D eigenvalue weighted by Crippen LogP contribution is -2.61. The fourth-order valence-electron chi connectivity index (χ4n) is 12.8. The molecule has 9 heterocycles. The number of carbonyl (C=O) groups is 2. The number of hydrogen-bond donors (Lipinski definition) is 1. The average Bonchev–Trinajstić information content (AvgIpc) is 3.90. The van der Waals surface area contributed by atoms with E-state index in [4.69, 9.17) is 51.5 Å². The molecule has 1 aromatic rings. The third kappa shape index (κ3) is 12.4. The first kappa shape index (κ1) is 57.5. The molecule has 10 bridgehead atoms. The summed E-state index contributed by atoms with van der Waals surface area (Å²) in [7, 11) is -2.69. The topological polar surface area (TPSA) is 156 Å². The summed E-state index contributed by atoms with van der Waals surface area (Å²) in [6.45, 7) is 34.3. The standard InChI is InChI=1S/C59H92O14Si2/c1-34-26-39-20-22-44(61)35(2)27-41(67-56(62)37-18-16-15-17-19-37)24-25-59-32-49-52(71-59)53-54(70-49)55(72-59)51-45(69-53)23-21-40(66-51)28-38(60)29-43-47(31-46(65-39)36(34)3)68-48(50(43)63-10)30-42(73-75(13,14)58(7,8)9)33-64-74(11,12)57(4,5)6/h15-19,34,39-55,61H,2-3,20-33H2,1,4-14H3/t34?,39?,40?,41-,42?,43?,44?,45?,46?,47?,48+,49?,50+,51-,52?,53-,54?,55?,59-/m0/s1. The molecule has 420 valence electrons. The van der Waals surface area contributed by atoms with Gasteiger partial charge in [-0.15, -0.1) is 0 Å². The predicted molar refractivity (Wildman–Crippen MR) is 289 cm³/mol. The molecular formula is C59H92O14Si2. The van der Waals surface area contributed by atoms with Crippen molar-refractivity contribution in [2.45, 2.75) is 272 Å². The Morgan fingerprint density at radius 3 is 2.16 bits per heavy atom. The molecule has 75 heavy (non-hydrogen) atoms. The Hall–Kier alpha value is -2.17. The lowest BCUT2D eigenvalue weighted by molar-refractivity contribution is -0.292. The van der Waals surface area contributed by atoms with Crippen LogP contribution in [0.2, 0.25) is 36.3 Å². The van der Waals surface area contributed by atoms with Gasteiger partial charge in [-0.25, -0.2) is 4.79 Å². The van der Waals surface area contributed by atoms with Gasteiger partial charge in [-0.2, -0.15) is 0 Å². The number of esters is 1. The van der Waals surface area contributed by atoms with Crippen molar-refractivity contribution in [3.05, 3.63) is 60.2 Å². The van der Waals surface area contributed by atoms with Crippen molar-refractivity contribution < 1.29 is 66.2 Å². The highest BCUT2D eigenvalue weighted by Gasteiger charge is 2.69. The van der Waals surface area contributed by atoms with Gasteiger partial charge in [0.2, 0.25) is 0 Å². The quantitative estimate of drug-likeness (QED) is 0.134. The molecular weight excluding hydrogens is 989 g/mol. The number of hydrogen-bond acceptors (Lipinski definition) is 14. The fourth-order valence-corrected chi connectivity index (χ4v) is 15.2. The Balaban J connectivity index is 1.00. The maximum absolute atomic E-state index is 14.8. The molecule has 0 aromatic heterocycles. The lowest BCUT2D eigenvalue weighted by atomic mass is 9.81. The summed E-state index contributed by atoms with van der Waals surface area (Å²) in [6.07, 6.45) is 0.0300.